The van der Waals surface area contributed by atoms with Crippen molar-refractivity contribution in [1.29, 1.82) is 0 Å². The fraction of sp³-hybridized carbons (Fsp3) is 0.500. The monoisotopic (exact) mass is 143 g/mol. The fourth-order valence-electron chi connectivity index (χ4n) is 0. The third-order valence-electron chi connectivity index (χ3n) is 0.365. The third kappa shape index (κ3) is 23.1. The lowest BCUT2D eigenvalue weighted by molar-refractivity contribution is 0.566. The van der Waals surface area contributed by atoms with E-state index in [1.54, 1.807) is 6.20 Å². The molecule has 0 aromatic heterocycles. The Morgan fingerprint density at radius 3 is 1.43 bits per heavy atom. The lowest BCUT2D eigenvalue weighted by Crippen LogP contribution is -1.97. The third-order valence-corrected chi connectivity index (χ3v) is 0.365. The van der Waals surface area contributed by atoms with Crippen LogP contribution in [0.2, 0.25) is 0 Å². The summed E-state index contributed by atoms with van der Waals surface area (Å²) in [6.07, 6.45) is 1.75. The Labute approximate surface area is 57.2 Å². The number of hydrogen-bond acceptors (Lipinski definition) is 1. The highest BCUT2D eigenvalue weighted by atomic mass is 35.5. The van der Waals surface area contributed by atoms with E-state index in [0.717, 1.165) is 0 Å². The van der Waals surface area contributed by atoms with Gasteiger partial charge in [0.1, 0.15) is 0 Å². The largest absolute Gasteiger partial charge is 0.384 e. The molecular formula is C4H11Cl2N. The molecule has 0 fully saturated rings. The molecule has 0 rings (SSSR count). The number of rotatable bonds is 1. The van der Waals surface area contributed by atoms with Crippen molar-refractivity contribution in [3.8, 4) is 0 Å². The number of hydrogen-bond donors (Lipinski definition) is 0. The summed E-state index contributed by atoms with van der Waals surface area (Å²) in [6.45, 7) is 3.49. The molecule has 0 N–H and O–H groups in total. The molecule has 1 nitrogen and oxygen atoms in total. The molecule has 7 heavy (non-hydrogen) atoms. The van der Waals surface area contributed by atoms with E-state index < -0.39 is 0 Å². The highest BCUT2D eigenvalue weighted by molar-refractivity contribution is 5.85. The second-order valence-corrected chi connectivity index (χ2v) is 1.15. The van der Waals surface area contributed by atoms with E-state index >= 15 is 0 Å². The van der Waals surface area contributed by atoms with E-state index in [-0.39, 0.29) is 24.8 Å². The molecule has 0 aliphatic heterocycles. The van der Waals surface area contributed by atoms with Crippen LogP contribution in [0.1, 0.15) is 0 Å². The van der Waals surface area contributed by atoms with Crippen LogP contribution < -0.4 is 0 Å². The molecule has 0 bridgehead atoms. The predicted molar refractivity (Wildman–Crippen MR) is 38.4 cm³/mol. The molecule has 3 heteroatoms. The first kappa shape index (κ1) is 15.7. The number of nitrogens with zero attached hydrogens (tertiary/aromatic N) is 1. The summed E-state index contributed by atoms with van der Waals surface area (Å²) >= 11 is 0. The summed E-state index contributed by atoms with van der Waals surface area (Å²) < 4.78 is 0. The van der Waals surface area contributed by atoms with Crippen LogP contribution in [0.5, 0.6) is 0 Å². The Morgan fingerprint density at radius 1 is 1.29 bits per heavy atom. The Bertz CT molecular complexity index is 36.7. The van der Waals surface area contributed by atoms with Crippen LogP contribution in [-0.4, -0.2) is 19.0 Å². The van der Waals surface area contributed by atoms with E-state index in [1.165, 1.54) is 0 Å². The maximum absolute atomic E-state index is 3.49. The Kier molecular flexibility index (Phi) is 21.2. The lowest BCUT2D eigenvalue weighted by Gasteiger charge is -1.98. The van der Waals surface area contributed by atoms with Gasteiger partial charge in [-0.15, -0.1) is 24.8 Å². The smallest absolute Gasteiger partial charge is 0.00554 e. The van der Waals surface area contributed by atoms with Crippen molar-refractivity contribution in [1.82, 2.24) is 4.90 Å². The second-order valence-electron chi connectivity index (χ2n) is 1.15. The minimum Gasteiger partial charge on any atom is -0.384 e. The average molecular weight is 144 g/mol. The molecular weight excluding hydrogens is 133 g/mol. The highest BCUT2D eigenvalue weighted by Gasteiger charge is 1.61. The maximum atomic E-state index is 3.49. The molecule has 0 amide bonds. The molecule has 46 valence electrons. The Morgan fingerprint density at radius 2 is 1.43 bits per heavy atom. The molecule has 0 aliphatic carbocycles. The van der Waals surface area contributed by atoms with Gasteiger partial charge in [-0.2, -0.15) is 0 Å². The molecule has 0 saturated heterocycles. The molecule has 0 spiro atoms. The van der Waals surface area contributed by atoms with Crippen molar-refractivity contribution in [2.75, 3.05) is 14.1 Å². The van der Waals surface area contributed by atoms with Gasteiger partial charge in [0, 0.05) is 14.1 Å². The van der Waals surface area contributed by atoms with Crippen molar-refractivity contribution in [2.24, 2.45) is 0 Å². The summed E-state index contributed by atoms with van der Waals surface area (Å²) in [7, 11) is 3.88. The number of halogens is 2. The van der Waals surface area contributed by atoms with Gasteiger partial charge in [-0.25, -0.2) is 0 Å². The average Bonchev–Trinajstić information content (AvgIpc) is 1.38. The molecule has 0 aromatic carbocycles. The molecule has 0 saturated carbocycles. The van der Waals surface area contributed by atoms with E-state index in [0.29, 0.717) is 0 Å². The molecule has 0 radical (unpaired) electrons. The standard InChI is InChI=1S/C4H9N.2ClH/c1-4-5(2)3;;/h4H,1H2,2-3H3;2*1H. The van der Waals surface area contributed by atoms with Crippen molar-refractivity contribution >= 4 is 24.8 Å². The molecule has 0 atom stereocenters. The van der Waals surface area contributed by atoms with Gasteiger partial charge in [0.05, 0.1) is 0 Å². The highest BCUT2D eigenvalue weighted by Crippen LogP contribution is 1.64. The first-order valence-electron chi connectivity index (χ1n) is 1.56. The van der Waals surface area contributed by atoms with Crippen LogP contribution in [0.15, 0.2) is 12.8 Å². The molecule has 0 heterocycles. The van der Waals surface area contributed by atoms with Gasteiger partial charge in [-0.1, -0.05) is 6.58 Å². The topological polar surface area (TPSA) is 3.24 Å². The van der Waals surface area contributed by atoms with Gasteiger partial charge < -0.3 is 4.90 Å². The molecule has 0 unspecified atom stereocenters. The first-order valence-corrected chi connectivity index (χ1v) is 1.56. The summed E-state index contributed by atoms with van der Waals surface area (Å²) in [6, 6.07) is 0. The van der Waals surface area contributed by atoms with Crippen LogP contribution >= 0.6 is 24.8 Å². The van der Waals surface area contributed by atoms with Gasteiger partial charge in [0.2, 0.25) is 0 Å². The van der Waals surface area contributed by atoms with Crippen LogP contribution in [0.25, 0.3) is 0 Å². The molecule has 0 aromatic rings. The zero-order valence-electron chi connectivity index (χ0n) is 4.55. The van der Waals surface area contributed by atoms with Gasteiger partial charge >= 0.3 is 0 Å². The van der Waals surface area contributed by atoms with E-state index in [2.05, 4.69) is 6.58 Å². The van der Waals surface area contributed by atoms with Gasteiger partial charge in [0.15, 0.2) is 0 Å². The van der Waals surface area contributed by atoms with Crippen LogP contribution in [-0.2, 0) is 0 Å². The van der Waals surface area contributed by atoms with Gasteiger partial charge in [-0.05, 0) is 6.20 Å². The van der Waals surface area contributed by atoms with Crippen LogP contribution in [0, 0.1) is 0 Å². The Hall–Kier alpha value is 0.120. The van der Waals surface area contributed by atoms with E-state index in [4.69, 9.17) is 0 Å². The lowest BCUT2D eigenvalue weighted by atomic mass is 10.9. The quantitative estimate of drug-likeness (QED) is 0.539. The van der Waals surface area contributed by atoms with Crippen LogP contribution in [0.4, 0.5) is 0 Å². The van der Waals surface area contributed by atoms with Gasteiger partial charge in [0.25, 0.3) is 0 Å². The normalized spacial score (nSPS) is 4.86. The van der Waals surface area contributed by atoms with Crippen molar-refractivity contribution in [3.05, 3.63) is 12.8 Å². The Balaban J connectivity index is -0.0000000800. The fourth-order valence-corrected chi connectivity index (χ4v) is 0. The van der Waals surface area contributed by atoms with E-state index in [1.807, 2.05) is 19.0 Å². The zero-order chi connectivity index (χ0) is 4.28. The van der Waals surface area contributed by atoms with E-state index in [9.17, 15) is 0 Å². The second kappa shape index (κ2) is 9.45. The van der Waals surface area contributed by atoms with Crippen molar-refractivity contribution in [2.45, 2.75) is 0 Å². The minimum atomic E-state index is 0. The SMILES string of the molecule is C=CN(C)C.Cl.Cl. The van der Waals surface area contributed by atoms with Crippen LogP contribution in [0.3, 0.4) is 0 Å². The summed E-state index contributed by atoms with van der Waals surface area (Å²) in [4.78, 5) is 1.89. The predicted octanol–water partition coefficient (Wildman–Crippen LogP) is 1.54. The maximum Gasteiger partial charge on any atom is 0.00554 e. The first-order chi connectivity index (χ1) is 2.27. The molecule has 0 aliphatic rings. The summed E-state index contributed by atoms with van der Waals surface area (Å²) in [5.41, 5.74) is 0. The minimum absolute atomic E-state index is 0. The van der Waals surface area contributed by atoms with Crippen molar-refractivity contribution in [3.63, 3.8) is 0 Å². The zero-order valence-corrected chi connectivity index (χ0v) is 6.18. The van der Waals surface area contributed by atoms with Gasteiger partial charge in [-0.3, -0.25) is 0 Å². The summed E-state index contributed by atoms with van der Waals surface area (Å²) in [5, 5.41) is 0. The summed E-state index contributed by atoms with van der Waals surface area (Å²) in [5.74, 6) is 0. The van der Waals surface area contributed by atoms with Crippen molar-refractivity contribution < 1.29 is 0 Å².